The zero-order valence-electron chi connectivity index (χ0n) is 16.5. The number of likely N-dealkylation sites (tertiary alicyclic amines) is 1. The molecule has 0 spiro atoms. The van der Waals surface area contributed by atoms with Gasteiger partial charge in [0.25, 0.3) is 0 Å². The van der Waals surface area contributed by atoms with Crippen molar-refractivity contribution in [2.75, 3.05) is 34.4 Å². The van der Waals surface area contributed by atoms with E-state index >= 15 is 0 Å². The fourth-order valence-corrected chi connectivity index (χ4v) is 3.87. The van der Waals surface area contributed by atoms with Crippen LogP contribution in [0.4, 0.5) is 0 Å². The maximum Gasteiger partial charge on any atom is 0.203 e. The van der Waals surface area contributed by atoms with Crippen LogP contribution in [0.1, 0.15) is 28.8 Å². The van der Waals surface area contributed by atoms with Crippen molar-refractivity contribution >= 4 is 17.4 Å². The fraction of sp³-hybridized carbons (Fsp3) is 0.409. The first-order valence-corrected chi connectivity index (χ1v) is 9.74. The lowest BCUT2D eigenvalue weighted by Gasteiger charge is -2.32. The van der Waals surface area contributed by atoms with Crippen LogP contribution in [-0.4, -0.2) is 45.1 Å². The number of ether oxygens (including phenoxy) is 3. The Kier molecular flexibility index (Phi) is 6.81. The van der Waals surface area contributed by atoms with Crippen molar-refractivity contribution in [3.63, 3.8) is 0 Å². The van der Waals surface area contributed by atoms with Gasteiger partial charge in [0.1, 0.15) is 0 Å². The van der Waals surface area contributed by atoms with Gasteiger partial charge in [-0.25, -0.2) is 0 Å². The number of carbonyl (C=O) groups is 1. The molecular formula is C22H26ClNO4. The molecule has 0 amide bonds. The summed E-state index contributed by atoms with van der Waals surface area (Å²) in [5.41, 5.74) is 1.79. The number of rotatable bonds is 7. The Morgan fingerprint density at radius 1 is 1.07 bits per heavy atom. The maximum absolute atomic E-state index is 12.9. The molecule has 0 aromatic heterocycles. The fourth-order valence-electron chi connectivity index (χ4n) is 3.75. The normalized spacial score (nSPS) is 17.2. The largest absolute Gasteiger partial charge is 0.493 e. The van der Waals surface area contributed by atoms with Crippen molar-refractivity contribution in [3.05, 3.63) is 52.5 Å². The average molecular weight is 404 g/mol. The van der Waals surface area contributed by atoms with E-state index in [1.54, 1.807) is 33.5 Å². The molecule has 28 heavy (non-hydrogen) atoms. The van der Waals surface area contributed by atoms with Crippen molar-refractivity contribution in [3.8, 4) is 17.2 Å². The summed E-state index contributed by atoms with van der Waals surface area (Å²) in [6.07, 6.45) is 1.90. The Labute approximate surface area is 171 Å². The molecule has 0 bridgehead atoms. The molecule has 2 aromatic carbocycles. The lowest BCUT2D eigenvalue weighted by atomic mass is 9.90. The van der Waals surface area contributed by atoms with Crippen LogP contribution in [0.3, 0.4) is 0 Å². The van der Waals surface area contributed by atoms with Crippen LogP contribution >= 0.6 is 11.6 Å². The summed E-state index contributed by atoms with van der Waals surface area (Å²) in [6, 6.07) is 11.1. The SMILES string of the molecule is COc1cc(CN2CCCC(C(=O)c3ccc(Cl)cc3)C2)cc(OC)c1OC. The lowest BCUT2D eigenvalue weighted by Crippen LogP contribution is -2.38. The second-order valence-electron chi connectivity index (χ2n) is 6.98. The van der Waals surface area contributed by atoms with E-state index < -0.39 is 0 Å². The number of benzene rings is 2. The smallest absolute Gasteiger partial charge is 0.203 e. The van der Waals surface area contributed by atoms with Crippen LogP contribution < -0.4 is 14.2 Å². The monoisotopic (exact) mass is 403 g/mol. The summed E-state index contributed by atoms with van der Waals surface area (Å²) in [7, 11) is 4.82. The number of halogens is 1. The predicted molar refractivity (Wildman–Crippen MR) is 110 cm³/mol. The highest BCUT2D eigenvalue weighted by molar-refractivity contribution is 6.30. The van der Waals surface area contributed by atoms with E-state index in [9.17, 15) is 4.79 Å². The Bertz CT molecular complexity index is 797. The number of Topliss-reactive ketones (excluding diaryl/α,β-unsaturated/α-hetero) is 1. The van der Waals surface area contributed by atoms with Crippen LogP contribution in [0.25, 0.3) is 0 Å². The van der Waals surface area contributed by atoms with Crippen molar-refractivity contribution in [1.82, 2.24) is 4.90 Å². The van der Waals surface area contributed by atoms with Gasteiger partial charge in [0, 0.05) is 29.6 Å². The van der Waals surface area contributed by atoms with Crippen LogP contribution in [0.15, 0.2) is 36.4 Å². The summed E-state index contributed by atoms with van der Waals surface area (Å²) in [5.74, 6) is 2.05. The average Bonchev–Trinajstić information content (AvgIpc) is 2.73. The van der Waals surface area contributed by atoms with E-state index in [-0.39, 0.29) is 11.7 Å². The highest BCUT2D eigenvalue weighted by atomic mass is 35.5. The number of piperidine rings is 1. The minimum Gasteiger partial charge on any atom is -0.493 e. The van der Waals surface area contributed by atoms with E-state index in [1.807, 2.05) is 24.3 Å². The topological polar surface area (TPSA) is 48.0 Å². The maximum atomic E-state index is 12.9. The summed E-state index contributed by atoms with van der Waals surface area (Å²) in [4.78, 5) is 15.2. The lowest BCUT2D eigenvalue weighted by molar-refractivity contribution is 0.0811. The Hall–Kier alpha value is -2.24. The third kappa shape index (κ3) is 4.59. The zero-order valence-corrected chi connectivity index (χ0v) is 17.3. The molecule has 1 aliphatic rings. The van der Waals surface area contributed by atoms with Gasteiger partial charge in [-0.15, -0.1) is 0 Å². The molecule has 6 heteroatoms. The third-order valence-corrected chi connectivity index (χ3v) is 5.39. The predicted octanol–water partition coefficient (Wildman–Crippen LogP) is 4.46. The van der Waals surface area contributed by atoms with Gasteiger partial charge in [0.2, 0.25) is 5.75 Å². The van der Waals surface area contributed by atoms with Crippen molar-refractivity contribution in [1.29, 1.82) is 0 Å². The second kappa shape index (κ2) is 9.30. The first kappa shape index (κ1) is 20.5. The first-order chi connectivity index (χ1) is 13.5. The molecule has 3 rings (SSSR count). The van der Waals surface area contributed by atoms with E-state index in [4.69, 9.17) is 25.8 Å². The van der Waals surface area contributed by atoms with E-state index in [0.717, 1.165) is 43.6 Å². The summed E-state index contributed by atoms with van der Waals surface area (Å²) in [5, 5.41) is 0.643. The van der Waals surface area contributed by atoms with E-state index in [0.29, 0.717) is 22.3 Å². The first-order valence-electron chi connectivity index (χ1n) is 9.36. The van der Waals surface area contributed by atoms with E-state index in [2.05, 4.69) is 4.90 Å². The summed E-state index contributed by atoms with van der Waals surface area (Å²) in [6.45, 7) is 2.42. The molecule has 1 aliphatic heterocycles. The molecular weight excluding hydrogens is 378 g/mol. The number of carbonyl (C=O) groups excluding carboxylic acids is 1. The Balaban J connectivity index is 1.73. The zero-order chi connectivity index (χ0) is 20.1. The van der Waals surface area contributed by atoms with Crippen LogP contribution in [0, 0.1) is 5.92 Å². The molecule has 150 valence electrons. The standard InChI is InChI=1S/C22H26ClNO4/c1-26-19-11-15(12-20(27-2)22(19)28-3)13-24-10-4-5-17(14-24)21(25)16-6-8-18(23)9-7-16/h6-9,11-12,17H,4-5,10,13-14H2,1-3H3. The quantitative estimate of drug-likeness (QED) is 0.639. The van der Waals surface area contributed by atoms with Gasteiger partial charge >= 0.3 is 0 Å². The number of nitrogens with zero attached hydrogens (tertiary/aromatic N) is 1. The molecule has 5 nitrogen and oxygen atoms in total. The molecule has 1 heterocycles. The van der Waals surface area contributed by atoms with Crippen LogP contribution in [-0.2, 0) is 6.54 Å². The molecule has 2 aromatic rings. The van der Waals surface area contributed by atoms with Gasteiger partial charge in [-0.3, -0.25) is 9.69 Å². The summed E-state index contributed by atoms with van der Waals surface area (Å²) >= 11 is 5.94. The van der Waals surface area contributed by atoms with E-state index in [1.165, 1.54) is 0 Å². The van der Waals surface area contributed by atoms with Gasteiger partial charge < -0.3 is 14.2 Å². The molecule has 0 N–H and O–H groups in total. The van der Waals surface area contributed by atoms with Gasteiger partial charge in [-0.05, 0) is 61.3 Å². The van der Waals surface area contributed by atoms with Gasteiger partial charge in [-0.1, -0.05) is 11.6 Å². The van der Waals surface area contributed by atoms with Crippen LogP contribution in [0.5, 0.6) is 17.2 Å². The van der Waals surface area contributed by atoms with Crippen molar-refractivity contribution in [2.24, 2.45) is 5.92 Å². The second-order valence-corrected chi connectivity index (χ2v) is 7.42. The van der Waals surface area contributed by atoms with Gasteiger partial charge in [0.15, 0.2) is 17.3 Å². The molecule has 0 radical (unpaired) electrons. The number of ketones is 1. The number of hydrogen-bond acceptors (Lipinski definition) is 5. The molecule has 0 aliphatic carbocycles. The highest BCUT2D eigenvalue weighted by Crippen LogP contribution is 2.38. The van der Waals surface area contributed by atoms with Crippen LogP contribution in [0.2, 0.25) is 5.02 Å². The molecule has 0 saturated carbocycles. The summed E-state index contributed by atoms with van der Waals surface area (Å²) < 4.78 is 16.3. The molecule has 1 unspecified atom stereocenters. The minimum atomic E-state index is -0.00281. The number of hydrogen-bond donors (Lipinski definition) is 0. The molecule has 1 saturated heterocycles. The van der Waals surface area contributed by atoms with Crippen molar-refractivity contribution in [2.45, 2.75) is 19.4 Å². The Morgan fingerprint density at radius 2 is 1.71 bits per heavy atom. The molecule has 1 fully saturated rings. The molecule has 1 atom stereocenters. The minimum absolute atomic E-state index is 0.00281. The Morgan fingerprint density at radius 3 is 2.29 bits per heavy atom. The van der Waals surface area contributed by atoms with Crippen molar-refractivity contribution < 1.29 is 19.0 Å². The highest BCUT2D eigenvalue weighted by Gasteiger charge is 2.27. The van der Waals surface area contributed by atoms with Gasteiger partial charge in [0.05, 0.1) is 21.3 Å². The van der Waals surface area contributed by atoms with Gasteiger partial charge in [-0.2, -0.15) is 0 Å². The number of methoxy groups -OCH3 is 3. The third-order valence-electron chi connectivity index (χ3n) is 5.14.